The summed E-state index contributed by atoms with van der Waals surface area (Å²) in [6, 6.07) is 0. The lowest BCUT2D eigenvalue weighted by Gasteiger charge is -2.12. The summed E-state index contributed by atoms with van der Waals surface area (Å²) < 4.78 is 1.79. The lowest BCUT2D eigenvalue weighted by Crippen LogP contribution is -2.21. The van der Waals surface area contributed by atoms with Gasteiger partial charge in [0.15, 0.2) is 5.82 Å². The van der Waals surface area contributed by atoms with Crippen LogP contribution in [0.1, 0.15) is 6.92 Å². The summed E-state index contributed by atoms with van der Waals surface area (Å²) in [4.78, 5) is 0. The SMILES string of the molecule is CCn1nncc1NN(C)C. The quantitative estimate of drug-likeness (QED) is 0.633. The van der Waals surface area contributed by atoms with E-state index >= 15 is 0 Å². The highest BCUT2D eigenvalue weighted by Gasteiger charge is 1.99. The Labute approximate surface area is 66.0 Å². The molecule has 0 bridgehead atoms. The number of aryl methyl sites for hydroxylation is 1. The van der Waals surface area contributed by atoms with Crippen LogP contribution in [-0.4, -0.2) is 34.1 Å². The monoisotopic (exact) mass is 155 g/mol. The molecule has 1 heterocycles. The van der Waals surface area contributed by atoms with Gasteiger partial charge in [0.05, 0.1) is 6.20 Å². The number of aromatic nitrogens is 3. The molecular formula is C6H13N5. The summed E-state index contributed by atoms with van der Waals surface area (Å²) in [5.41, 5.74) is 3.08. The van der Waals surface area contributed by atoms with Gasteiger partial charge >= 0.3 is 0 Å². The Morgan fingerprint density at radius 1 is 1.64 bits per heavy atom. The van der Waals surface area contributed by atoms with Crippen molar-refractivity contribution in [3.05, 3.63) is 6.20 Å². The van der Waals surface area contributed by atoms with Crippen LogP contribution in [0.2, 0.25) is 0 Å². The van der Waals surface area contributed by atoms with E-state index in [1.807, 2.05) is 26.0 Å². The van der Waals surface area contributed by atoms with Crippen molar-refractivity contribution in [1.29, 1.82) is 0 Å². The second-order valence-electron chi connectivity index (χ2n) is 2.44. The molecule has 11 heavy (non-hydrogen) atoms. The molecule has 0 aliphatic carbocycles. The fourth-order valence-corrected chi connectivity index (χ4v) is 0.807. The highest BCUT2D eigenvalue weighted by molar-refractivity contribution is 5.28. The molecule has 0 radical (unpaired) electrons. The van der Waals surface area contributed by atoms with Gasteiger partial charge in [0, 0.05) is 20.6 Å². The normalized spacial score (nSPS) is 10.5. The summed E-state index contributed by atoms with van der Waals surface area (Å²) >= 11 is 0. The van der Waals surface area contributed by atoms with Crippen molar-refractivity contribution in [3.63, 3.8) is 0 Å². The van der Waals surface area contributed by atoms with E-state index in [0.717, 1.165) is 12.4 Å². The van der Waals surface area contributed by atoms with E-state index in [0.29, 0.717) is 0 Å². The number of rotatable bonds is 3. The standard InChI is InChI=1S/C6H13N5/c1-4-11-6(5-7-9-11)8-10(2)3/h5,8H,4H2,1-3H3. The van der Waals surface area contributed by atoms with Gasteiger partial charge in [-0.15, -0.1) is 5.10 Å². The van der Waals surface area contributed by atoms with Crippen LogP contribution >= 0.6 is 0 Å². The van der Waals surface area contributed by atoms with E-state index in [1.54, 1.807) is 10.9 Å². The van der Waals surface area contributed by atoms with E-state index < -0.39 is 0 Å². The molecule has 1 aromatic rings. The molecule has 0 aromatic carbocycles. The molecule has 0 fully saturated rings. The van der Waals surface area contributed by atoms with Crippen LogP contribution < -0.4 is 5.43 Å². The number of hydrogen-bond donors (Lipinski definition) is 1. The van der Waals surface area contributed by atoms with Crippen LogP contribution in [-0.2, 0) is 6.54 Å². The second kappa shape index (κ2) is 3.34. The Kier molecular flexibility index (Phi) is 2.43. The fourth-order valence-electron chi connectivity index (χ4n) is 0.807. The molecule has 0 saturated heterocycles. The molecule has 1 N–H and O–H groups in total. The molecule has 0 amide bonds. The van der Waals surface area contributed by atoms with Crippen LogP contribution in [0.4, 0.5) is 5.82 Å². The summed E-state index contributed by atoms with van der Waals surface area (Å²) in [5, 5.41) is 9.49. The van der Waals surface area contributed by atoms with E-state index in [2.05, 4.69) is 15.7 Å². The second-order valence-corrected chi connectivity index (χ2v) is 2.44. The first-order valence-electron chi connectivity index (χ1n) is 3.56. The Bertz CT molecular complexity index is 217. The Balaban J connectivity index is 2.68. The maximum atomic E-state index is 3.87. The van der Waals surface area contributed by atoms with Crippen LogP contribution in [0.3, 0.4) is 0 Å². The maximum absolute atomic E-state index is 3.87. The first kappa shape index (κ1) is 8.00. The van der Waals surface area contributed by atoms with Crippen LogP contribution in [0.15, 0.2) is 6.20 Å². The smallest absolute Gasteiger partial charge is 0.159 e. The van der Waals surface area contributed by atoms with Gasteiger partial charge in [-0.2, -0.15) is 0 Å². The topological polar surface area (TPSA) is 46.0 Å². The van der Waals surface area contributed by atoms with Gasteiger partial charge < -0.3 is 5.43 Å². The zero-order valence-electron chi connectivity index (χ0n) is 7.07. The average molecular weight is 155 g/mol. The predicted molar refractivity (Wildman–Crippen MR) is 43.0 cm³/mol. The van der Waals surface area contributed by atoms with Crippen molar-refractivity contribution in [3.8, 4) is 0 Å². The van der Waals surface area contributed by atoms with E-state index in [1.165, 1.54) is 0 Å². The molecule has 5 heteroatoms. The molecule has 0 aliphatic rings. The first-order valence-corrected chi connectivity index (χ1v) is 3.56. The van der Waals surface area contributed by atoms with Crippen molar-refractivity contribution >= 4 is 5.82 Å². The van der Waals surface area contributed by atoms with E-state index in [-0.39, 0.29) is 0 Å². The van der Waals surface area contributed by atoms with Gasteiger partial charge in [-0.3, -0.25) is 0 Å². The van der Waals surface area contributed by atoms with Crippen molar-refractivity contribution in [2.24, 2.45) is 0 Å². The van der Waals surface area contributed by atoms with Gasteiger partial charge in [-0.05, 0) is 6.92 Å². The zero-order chi connectivity index (χ0) is 8.27. The Hall–Kier alpha value is -1.10. The van der Waals surface area contributed by atoms with Gasteiger partial charge in [-0.1, -0.05) is 5.21 Å². The largest absolute Gasteiger partial charge is 0.302 e. The molecule has 0 aliphatic heterocycles. The number of nitrogens with one attached hydrogen (secondary N) is 1. The molecule has 1 aromatic heterocycles. The average Bonchev–Trinajstić information content (AvgIpc) is 2.34. The fraction of sp³-hybridized carbons (Fsp3) is 0.667. The zero-order valence-corrected chi connectivity index (χ0v) is 7.07. The number of hydrogen-bond acceptors (Lipinski definition) is 4. The molecule has 0 spiro atoms. The summed E-state index contributed by atoms with van der Waals surface area (Å²) in [5.74, 6) is 0.914. The minimum Gasteiger partial charge on any atom is -0.302 e. The molecular weight excluding hydrogens is 142 g/mol. The van der Waals surface area contributed by atoms with Crippen LogP contribution in [0, 0.1) is 0 Å². The van der Waals surface area contributed by atoms with Gasteiger partial charge in [0.2, 0.25) is 0 Å². The molecule has 62 valence electrons. The minimum atomic E-state index is 0.830. The predicted octanol–water partition coefficient (Wildman–Crippen LogP) is 0.186. The molecule has 5 nitrogen and oxygen atoms in total. The minimum absolute atomic E-state index is 0.830. The third-order valence-electron chi connectivity index (χ3n) is 1.26. The van der Waals surface area contributed by atoms with Gasteiger partial charge in [0.1, 0.15) is 0 Å². The number of nitrogens with zero attached hydrogens (tertiary/aromatic N) is 4. The number of hydrazine groups is 1. The summed E-state index contributed by atoms with van der Waals surface area (Å²) in [6.07, 6.45) is 1.70. The summed E-state index contributed by atoms with van der Waals surface area (Å²) in [6.45, 7) is 2.85. The highest BCUT2D eigenvalue weighted by atomic mass is 15.6. The molecule has 0 saturated carbocycles. The Morgan fingerprint density at radius 2 is 2.36 bits per heavy atom. The van der Waals surface area contributed by atoms with Crippen molar-refractivity contribution in [2.45, 2.75) is 13.5 Å². The first-order chi connectivity index (χ1) is 5.24. The molecule has 0 unspecified atom stereocenters. The lowest BCUT2D eigenvalue weighted by atomic mass is 10.7. The van der Waals surface area contributed by atoms with Gasteiger partial charge in [-0.25, -0.2) is 9.69 Å². The molecule has 1 rings (SSSR count). The number of anilines is 1. The van der Waals surface area contributed by atoms with Crippen LogP contribution in [0.5, 0.6) is 0 Å². The lowest BCUT2D eigenvalue weighted by molar-refractivity contribution is 0.481. The third kappa shape index (κ3) is 1.91. The Morgan fingerprint density at radius 3 is 2.91 bits per heavy atom. The van der Waals surface area contributed by atoms with Crippen molar-refractivity contribution in [2.75, 3.05) is 19.5 Å². The maximum Gasteiger partial charge on any atom is 0.159 e. The van der Waals surface area contributed by atoms with Gasteiger partial charge in [0.25, 0.3) is 0 Å². The molecule has 0 atom stereocenters. The highest BCUT2D eigenvalue weighted by Crippen LogP contribution is 2.02. The van der Waals surface area contributed by atoms with E-state index in [4.69, 9.17) is 0 Å². The summed E-state index contributed by atoms with van der Waals surface area (Å²) in [7, 11) is 3.85. The van der Waals surface area contributed by atoms with E-state index in [9.17, 15) is 0 Å². The van der Waals surface area contributed by atoms with Crippen molar-refractivity contribution in [1.82, 2.24) is 20.0 Å². The third-order valence-corrected chi connectivity index (χ3v) is 1.26. The van der Waals surface area contributed by atoms with Crippen LogP contribution in [0.25, 0.3) is 0 Å². The van der Waals surface area contributed by atoms with Crippen molar-refractivity contribution < 1.29 is 0 Å².